The van der Waals surface area contributed by atoms with Crippen LogP contribution in [0.5, 0.6) is 0 Å². The number of methoxy groups -OCH3 is 1. The smallest absolute Gasteiger partial charge is 0.334 e. The van der Waals surface area contributed by atoms with Crippen molar-refractivity contribution in [3.8, 4) is 0 Å². The minimum atomic E-state index is -0.846. The van der Waals surface area contributed by atoms with Gasteiger partial charge in [-0.1, -0.05) is 11.6 Å². The van der Waals surface area contributed by atoms with Crippen LogP contribution in [0.3, 0.4) is 0 Å². The standard InChI is InChI=1S/C29H38O7/c1-14-12-23(35-25(33)15(14)2)28(4)21-8-6-17-24-16(10-11-29(17,21)26(34-5)36-28)27(3)18(13-20(24)31)19(30)7-9-22(27)32/h7,9,13,16-17,19-21,23-24,26,30-31H,6,8,10-12H2,1-5H3/t16-,17-,19-,20-,21+,23+,24+,26-,27+,28+,29+/m0/s1. The third-order valence-electron chi connectivity index (χ3n) is 11.3. The van der Waals surface area contributed by atoms with E-state index in [0.29, 0.717) is 17.6 Å². The highest BCUT2D eigenvalue weighted by atomic mass is 16.7. The second kappa shape index (κ2) is 7.85. The van der Waals surface area contributed by atoms with Crippen molar-refractivity contribution in [1.82, 2.24) is 0 Å². The topological polar surface area (TPSA) is 102 Å². The number of allylic oxidation sites excluding steroid dienone is 1. The molecular formula is C29H38O7. The van der Waals surface area contributed by atoms with Crippen molar-refractivity contribution in [2.45, 2.75) is 90.0 Å². The van der Waals surface area contributed by atoms with Crippen molar-refractivity contribution in [3.05, 3.63) is 34.9 Å². The summed E-state index contributed by atoms with van der Waals surface area (Å²) in [5.41, 5.74) is 0.480. The van der Waals surface area contributed by atoms with Crippen LogP contribution >= 0.6 is 0 Å². The number of ketones is 1. The molecule has 0 aromatic carbocycles. The van der Waals surface area contributed by atoms with E-state index in [4.69, 9.17) is 14.2 Å². The van der Waals surface area contributed by atoms with Crippen molar-refractivity contribution in [2.24, 2.45) is 34.5 Å². The molecule has 196 valence electrons. The van der Waals surface area contributed by atoms with Gasteiger partial charge in [-0.3, -0.25) is 4.79 Å². The van der Waals surface area contributed by atoms with Crippen molar-refractivity contribution >= 4 is 11.8 Å². The Morgan fingerprint density at radius 2 is 1.83 bits per heavy atom. The summed E-state index contributed by atoms with van der Waals surface area (Å²) >= 11 is 0. The van der Waals surface area contributed by atoms with Crippen molar-refractivity contribution in [3.63, 3.8) is 0 Å². The maximum absolute atomic E-state index is 13.3. The fraction of sp³-hybridized carbons (Fsp3) is 0.724. The maximum Gasteiger partial charge on any atom is 0.334 e. The summed E-state index contributed by atoms with van der Waals surface area (Å²) in [5.74, 6) is -0.291. The Balaban J connectivity index is 1.40. The van der Waals surface area contributed by atoms with Crippen LogP contribution in [0.15, 0.2) is 34.9 Å². The molecule has 2 saturated carbocycles. The number of carbonyl (C=O) groups excluding carboxylic acids is 2. The third kappa shape index (κ3) is 2.83. The molecule has 0 radical (unpaired) electrons. The third-order valence-corrected chi connectivity index (χ3v) is 11.3. The van der Waals surface area contributed by atoms with Crippen LogP contribution in [0.4, 0.5) is 0 Å². The van der Waals surface area contributed by atoms with Crippen molar-refractivity contribution in [2.75, 3.05) is 7.11 Å². The molecule has 36 heavy (non-hydrogen) atoms. The van der Waals surface area contributed by atoms with Crippen LogP contribution in [0.2, 0.25) is 0 Å². The van der Waals surface area contributed by atoms with E-state index in [0.717, 1.165) is 31.3 Å². The number of hydrogen-bond acceptors (Lipinski definition) is 7. The van der Waals surface area contributed by atoms with E-state index < -0.39 is 35.6 Å². The molecule has 0 aromatic rings. The molecule has 2 aliphatic heterocycles. The first-order valence-corrected chi connectivity index (χ1v) is 13.4. The van der Waals surface area contributed by atoms with Crippen LogP contribution in [-0.4, -0.2) is 59.3 Å². The van der Waals surface area contributed by atoms with E-state index >= 15 is 0 Å². The Morgan fingerprint density at radius 3 is 2.53 bits per heavy atom. The summed E-state index contributed by atoms with van der Waals surface area (Å²) in [6, 6.07) is 0. The molecular weight excluding hydrogens is 460 g/mol. The number of esters is 1. The van der Waals surface area contributed by atoms with Gasteiger partial charge in [0, 0.05) is 30.4 Å². The molecule has 0 amide bonds. The van der Waals surface area contributed by atoms with Gasteiger partial charge in [0.2, 0.25) is 0 Å². The number of hydrogen-bond donors (Lipinski definition) is 2. The Hall–Kier alpha value is -1.80. The SMILES string of the molecule is CO[C@H]1O[C@@](C)([C@H]2CC(C)=C(C)C(=O)O2)[C@H]2CC[C@H]3[C@@H]4[C@@H](O)C=C5[C@@H](O)C=CC(=O)[C@]5(C)[C@H]4CC[C@]123. The zero-order valence-corrected chi connectivity index (χ0v) is 21.8. The molecule has 1 spiro atoms. The van der Waals surface area contributed by atoms with Crippen molar-refractivity contribution in [1.29, 1.82) is 0 Å². The molecule has 0 aromatic heterocycles. The largest absolute Gasteiger partial charge is 0.456 e. The maximum atomic E-state index is 13.3. The first kappa shape index (κ1) is 24.5. The second-order valence-corrected chi connectivity index (χ2v) is 12.4. The molecule has 2 N–H and O–H groups in total. The minimum Gasteiger partial charge on any atom is -0.456 e. The quantitative estimate of drug-likeness (QED) is 0.445. The first-order valence-electron chi connectivity index (χ1n) is 13.4. The van der Waals surface area contributed by atoms with Gasteiger partial charge in [0.25, 0.3) is 0 Å². The average Bonchev–Trinajstić information content (AvgIpc) is 3.35. The van der Waals surface area contributed by atoms with Gasteiger partial charge in [-0.25, -0.2) is 4.79 Å². The number of carbonyl (C=O) groups is 2. The second-order valence-electron chi connectivity index (χ2n) is 12.4. The summed E-state index contributed by atoms with van der Waals surface area (Å²) in [6.07, 6.45) is 6.26. The summed E-state index contributed by atoms with van der Waals surface area (Å²) in [6.45, 7) is 7.81. The molecule has 0 unspecified atom stereocenters. The van der Waals surface area contributed by atoms with Crippen LogP contribution in [-0.2, 0) is 23.8 Å². The van der Waals surface area contributed by atoms with Gasteiger partial charge < -0.3 is 24.4 Å². The highest BCUT2D eigenvalue weighted by Crippen LogP contribution is 2.72. The lowest BCUT2D eigenvalue weighted by Gasteiger charge is -2.58. The van der Waals surface area contributed by atoms with Gasteiger partial charge in [0.05, 0.1) is 17.6 Å². The van der Waals surface area contributed by atoms with Crippen LogP contribution < -0.4 is 0 Å². The minimum absolute atomic E-state index is 0.00833. The highest BCUT2D eigenvalue weighted by Gasteiger charge is 2.74. The Morgan fingerprint density at radius 1 is 1.08 bits per heavy atom. The molecule has 7 nitrogen and oxygen atoms in total. The fourth-order valence-electron chi connectivity index (χ4n) is 9.40. The monoisotopic (exact) mass is 498 g/mol. The molecule has 3 fully saturated rings. The Kier molecular flexibility index (Phi) is 5.35. The predicted octanol–water partition coefficient (Wildman–Crippen LogP) is 3.25. The Bertz CT molecular complexity index is 1100. The van der Waals surface area contributed by atoms with E-state index in [1.54, 1.807) is 13.2 Å². The highest BCUT2D eigenvalue weighted by molar-refractivity contribution is 5.99. The Labute approximate surface area is 212 Å². The van der Waals surface area contributed by atoms with Gasteiger partial charge in [-0.15, -0.1) is 0 Å². The van der Waals surface area contributed by atoms with Crippen LogP contribution in [0.1, 0.15) is 59.8 Å². The van der Waals surface area contributed by atoms with Gasteiger partial charge in [0.1, 0.15) is 11.7 Å². The number of fused-ring (bicyclic) bond motifs is 4. The van der Waals surface area contributed by atoms with E-state index in [2.05, 4.69) is 6.92 Å². The van der Waals surface area contributed by atoms with Crippen LogP contribution in [0.25, 0.3) is 0 Å². The zero-order valence-electron chi connectivity index (χ0n) is 21.8. The van der Waals surface area contributed by atoms with Crippen molar-refractivity contribution < 1.29 is 34.0 Å². The lowest BCUT2D eigenvalue weighted by molar-refractivity contribution is -0.229. The number of aliphatic hydroxyl groups is 2. The number of ether oxygens (including phenoxy) is 3. The molecule has 6 rings (SSSR count). The molecule has 7 heteroatoms. The average molecular weight is 499 g/mol. The first-order chi connectivity index (χ1) is 17.0. The van der Waals surface area contributed by atoms with Gasteiger partial charge in [0.15, 0.2) is 12.1 Å². The lowest BCUT2D eigenvalue weighted by Crippen LogP contribution is -2.59. The molecule has 6 aliphatic rings. The summed E-state index contributed by atoms with van der Waals surface area (Å²) in [5, 5.41) is 22.2. The van der Waals surface area contributed by atoms with Gasteiger partial charge in [-0.2, -0.15) is 0 Å². The fourth-order valence-corrected chi connectivity index (χ4v) is 9.40. The van der Waals surface area contributed by atoms with E-state index in [1.807, 2.05) is 20.8 Å². The molecule has 0 bridgehead atoms. The molecule has 2 heterocycles. The summed E-state index contributed by atoms with van der Waals surface area (Å²) < 4.78 is 18.7. The summed E-state index contributed by atoms with van der Waals surface area (Å²) in [4.78, 5) is 25.9. The number of aliphatic hydroxyl groups excluding tert-OH is 2. The number of cyclic esters (lactones) is 1. The van der Waals surface area contributed by atoms with Crippen LogP contribution in [0, 0.1) is 34.5 Å². The van der Waals surface area contributed by atoms with E-state index in [9.17, 15) is 19.8 Å². The summed E-state index contributed by atoms with van der Waals surface area (Å²) in [7, 11) is 1.67. The normalized spacial score (nSPS) is 51.8. The van der Waals surface area contributed by atoms with E-state index in [-0.39, 0.29) is 40.8 Å². The van der Waals surface area contributed by atoms with Gasteiger partial charge in [-0.05, 0) is 88.9 Å². The van der Waals surface area contributed by atoms with Gasteiger partial charge >= 0.3 is 5.97 Å². The number of rotatable bonds is 2. The predicted molar refractivity (Wildman–Crippen MR) is 130 cm³/mol. The molecule has 4 aliphatic carbocycles. The molecule has 1 saturated heterocycles. The molecule has 11 atom stereocenters. The van der Waals surface area contributed by atoms with E-state index in [1.165, 1.54) is 12.2 Å². The zero-order chi connectivity index (χ0) is 25.8. The lowest BCUT2D eigenvalue weighted by atomic mass is 9.46.